The number of carbonyl (C=O) groups excluding carboxylic acids is 1. The SMILES string of the molecule is CC(CC(O)c1ccccc1)NC(=O)C1NCCc2ccccc21. The lowest BCUT2D eigenvalue weighted by molar-refractivity contribution is -0.124. The Morgan fingerprint density at radius 1 is 1.21 bits per heavy atom. The first kappa shape index (κ1) is 16.7. The molecule has 4 heteroatoms. The maximum atomic E-state index is 12.6. The van der Waals surface area contributed by atoms with Gasteiger partial charge in [0.2, 0.25) is 5.91 Å². The van der Waals surface area contributed by atoms with E-state index in [0.717, 1.165) is 24.1 Å². The molecular weight excluding hydrogens is 300 g/mol. The van der Waals surface area contributed by atoms with E-state index in [4.69, 9.17) is 0 Å². The lowest BCUT2D eigenvalue weighted by atomic mass is 9.93. The van der Waals surface area contributed by atoms with Crippen LogP contribution in [0.4, 0.5) is 0 Å². The Morgan fingerprint density at radius 3 is 2.71 bits per heavy atom. The van der Waals surface area contributed by atoms with Gasteiger partial charge in [0.05, 0.1) is 6.10 Å². The van der Waals surface area contributed by atoms with Crippen molar-refractivity contribution in [3.05, 3.63) is 71.3 Å². The predicted octanol–water partition coefficient (Wildman–Crippen LogP) is 2.50. The molecule has 1 aliphatic heterocycles. The highest BCUT2D eigenvalue weighted by atomic mass is 16.3. The summed E-state index contributed by atoms with van der Waals surface area (Å²) in [7, 11) is 0. The van der Waals surface area contributed by atoms with Gasteiger partial charge in [-0.25, -0.2) is 0 Å². The number of aliphatic hydroxyl groups excluding tert-OH is 1. The lowest BCUT2D eigenvalue weighted by Crippen LogP contribution is -2.44. The molecule has 4 nitrogen and oxygen atoms in total. The largest absolute Gasteiger partial charge is 0.388 e. The number of amides is 1. The molecule has 1 amide bonds. The Bertz CT molecular complexity index is 687. The van der Waals surface area contributed by atoms with Gasteiger partial charge in [-0.05, 0) is 36.5 Å². The Hall–Kier alpha value is -2.17. The molecule has 126 valence electrons. The molecule has 2 aromatic carbocycles. The Labute approximate surface area is 142 Å². The minimum atomic E-state index is -0.576. The third kappa shape index (κ3) is 3.83. The molecular formula is C20H24N2O2. The second-order valence-electron chi connectivity index (χ2n) is 6.41. The van der Waals surface area contributed by atoms with Gasteiger partial charge >= 0.3 is 0 Å². The van der Waals surface area contributed by atoms with Crippen molar-refractivity contribution in [3.8, 4) is 0 Å². The molecule has 3 unspecified atom stereocenters. The van der Waals surface area contributed by atoms with Crippen molar-refractivity contribution >= 4 is 5.91 Å². The minimum Gasteiger partial charge on any atom is -0.388 e. The van der Waals surface area contributed by atoms with E-state index in [1.165, 1.54) is 5.56 Å². The number of aliphatic hydroxyl groups is 1. The summed E-state index contributed by atoms with van der Waals surface area (Å²) in [6.07, 6.45) is 0.861. The fraction of sp³-hybridized carbons (Fsp3) is 0.350. The summed E-state index contributed by atoms with van der Waals surface area (Å²) in [5.74, 6) is -0.0325. The van der Waals surface area contributed by atoms with Crippen LogP contribution < -0.4 is 10.6 Å². The number of nitrogens with one attached hydrogen (secondary N) is 2. The number of hydrogen-bond donors (Lipinski definition) is 3. The Kier molecular flexibility index (Phi) is 5.28. The molecule has 0 aromatic heterocycles. The van der Waals surface area contributed by atoms with Crippen molar-refractivity contribution in [3.63, 3.8) is 0 Å². The first-order chi connectivity index (χ1) is 11.6. The summed E-state index contributed by atoms with van der Waals surface area (Å²) >= 11 is 0. The Balaban J connectivity index is 1.61. The quantitative estimate of drug-likeness (QED) is 0.792. The molecule has 0 bridgehead atoms. The van der Waals surface area contributed by atoms with E-state index < -0.39 is 6.10 Å². The topological polar surface area (TPSA) is 61.4 Å². The molecule has 3 atom stereocenters. The van der Waals surface area contributed by atoms with Gasteiger partial charge in [0.15, 0.2) is 0 Å². The zero-order chi connectivity index (χ0) is 16.9. The first-order valence-electron chi connectivity index (χ1n) is 8.49. The third-order valence-corrected chi connectivity index (χ3v) is 4.52. The van der Waals surface area contributed by atoms with Gasteiger partial charge in [-0.2, -0.15) is 0 Å². The molecule has 0 spiro atoms. The van der Waals surface area contributed by atoms with Gasteiger partial charge < -0.3 is 15.7 Å². The standard InChI is InChI=1S/C20H24N2O2/c1-14(13-18(23)16-8-3-2-4-9-16)22-20(24)19-17-10-6-5-7-15(17)11-12-21-19/h2-10,14,18-19,21,23H,11-13H2,1H3,(H,22,24). The number of benzene rings is 2. The third-order valence-electron chi connectivity index (χ3n) is 4.52. The first-order valence-corrected chi connectivity index (χ1v) is 8.49. The average Bonchev–Trinajstić information content (AvgIpc) is 2.61. The van der Waals surface area contributed by atoms with E-state index in [9.17, 15) is 9.90 Å². The molecule has 24 heavy (non-hydrogen) atoms. The van der Waals surface area contributed by atoms with Crippen LogP contribution in [0.25, 0.3) is 0 Å². The molecule has 2 aromatic rings. The van der Waals surface area contributed by atoms with E-state index in [1.54, 1.807) is 0 Å². The van der Waals surface area contributed by atoms with Crippen molar-refractivity contribution in [2.45, 2.75) is 38.0 Å². The van der Waals surface area contributed by atoms with Crippen LogP contribution in [0.1, 0.15) is 42.2 Å². The van der Waals surface area contributed by atoms with E-state index in [0.29, 0.717) is 6.42 Å². The monoisotopic (exact) mass is 324 g/mol. The van der Waals surface area contributed by atoms with Crippen LogP contribution in [0.15, 0.2) is 54.6 Å². The summed E-state index contributed by atoms with van der Waals surface area (Å²) in [5, 5.41) is 16.6. The second-order valence-corrected chi connectivity index (χ2v) is 6.41. The molecule has 1 heterocycles. The maximum absolute atomic E-state index is 12.6. The fourth-order valence-corrected chi connectivity index (χ4v) is 3.27. The summed E-state index contributed by atoms with van der Waals surface area (Å²) in [6, 6.07) is 17.2. The summed E-state index contributed by atoms with van der Waals surface area (Å²) in [4.78, 5) is 12.6. The zero-order valence-corrected chi connectivity index (χ0v) is 13.9. The van der Waals surface area contributed by atoms with Crippen LogP contribution in [-0.4, -0.2) is 23.6 Å². The summed E-state index contributed by atoms with van der Waals surface area (Å²) in [5.41, 5.74) is 3.16. The zero-order valence-electron chi connectivity index (χ0n) is 13.9. The number of carbonyl (C=O) groups is 1. The molecule has 0 saturated heterocycles. The summed E-state index contributed by atoms with van der Waals surface area (Å²) in [6.45, 7) is 2.73. The van der Waals surface area contributed by atoms with Crippen LogP contribution >= 0.6 is 0 Å². The molecule has 1 aliphatic rings. The number of rotatable bonds is 5. The van der Waals surface area contributed by atoms with Gasteiger partial charge in [0, 0.05) is 12.6 Å². The average molecular weight is 324 g/mol. The van der Waals surface area contributed by atoms with Gasteiger partial charge in [-0.1, -0.05) is 54.6 Å². The van der Waals surface area contributed by atoms with Gasteiger partial charge in [0.25, 0.3) is 0 Å². The van der Waals surface area contributed by atoms with Crippen LogP contribution in [0.5, 0.6) is 0 Å². The van der Waals surface area contributed by atoms with Crippen LogP contribution in [0.2, 0.25) is 0 Å². The minimum absolute atomic E-state index is 0.0325. The smallest absolute Gasteiger partial charge is 0.241 e. The highest BCUT2D eigenvalue weighted by molar-refractivity contribution is 5.84. The van der Waals surface area contributed by atoms with Gasteiger partial charge in [0.1, 0.15) is 6.04 Å². The van der Waals surface area contributed by atoms with Gasteiger partial charge in [-0.3, -0.25) is 4.79 Å². The van der Waals surface area contributed by atoms with E-state index in [2.05, 4.69) is 16.7 Å². The van der Waals surface area contributed by atoms with Crippen molar-refractivity contribution in [1.29, 1.82) is 0 Å². The van der Waals surface area contributed by atoms with Crippen LogP contribution in [-0.2, 0) is 11.2 Å². The van der Waals surface area contributed by atoms with E-state index in [-0.39, 0.29) is 18.0 Å². The van der Waals surface area contributed by atoms with Gasteiger partial charge in [-0.15, -0.1) is 0 Å². The predicted molar refractivity (Wildman–Crippen MR) is 94.5 cm³/mol. The number of hydrogen-bond acceptors (Lipinski definition) is 3. The molecule has 3 rings (SSSR count). The van der Waals surface area contributed by atoms with Crippen LogP contribution in [0, 0.1) is 0 Å². The lowest BCUT2D eigenvalue weighted by Gasteiger charge is -2.28. The second kappa shape index (κ2) is 7.60. The molecule has 0 aliphatic carbocycles. The summed E-state index contributed by atoms with van der Waals surface area (Å²) < 4.78 is 0. The van der Waals surface area contributed by atoms with Crippen LogP contribution in [0.3, 0.4) is 0 Å². The Morgan fingerprint density at radius 2 is 1.92 bits per heavy atom. The molecule has 0 fully saturated rings. The molecule has 0 radical (unpaired) electrons. The van der Waals surface area contributed by atoms with E-state index in [1.807, 2.05) is 55.5 Å². The van der Waals surface area contributed by atoms with Crippen molar-refractivity contribution in [1.82, 2.24) is 10.6 Å². The van der Waals surface area contributed by atoms with Crippen molar-refractivity contribution in [2.75, 3.05) is 6.54 Å². The fourth-order valence-electron chi connectivity index (χ4n) is 3.27. The highest BCUT2D eigenvalue weighted by Crippen LogP contribution is 2.23. The van der Waals surface area contributed by atoms with Crippen molar-refractivity contribution in [2.24, 2.45) is 0 Å². The highest BCUT2D eigenvalue weighted by Gasteiger charge is 2.26. The molecule has 0 saturated carbocycles. The normalized spacial score (nSPS) is 19.2. The van der Waals surface area contributed by atoms with E-state index >= 15 is 0 Å². The maximum Gasteiger partial charge on any atom is 0.241 e. The molecule has 3 N–H and O–H groups in total. The van der Waals surface area contributed by atoms with Crippen molar-refractivity contribution < 1.29 is 9.90 Å². The number of fused-ring (bicyclic) bond motifs is 1.